The van der Waals surface area contributed by atoms with E-state index in [9.17, 15) is 14.3 Å². The molecule has 0 unspecified atom stereocenters. The Balaban J connectivity index is 1.63. The van der Waals surface area contributed by atoms with Crippen LogP contribution in [0.25, 0.3) is 0 Å². The Hall–Kier alpha value is -2.27. The van der Waals surface area contributed by atoms with Crippen molar-refractivity contribution in [2.45, 2.75) is 31.8 Å². The van der Waals surface area contributed by atoms with Crippen LogP contribution in [0.3, 0.4) is 0 Å². The first-order chi connectivity index (χ1) is 11.5. The molecule has 0 spiro atoms. The van der Waals surface area contributed by atoms with Gasteiger partial charge >= 0.3 is 0 Å². The summed E-state index contributed by atoms with van der Waals surface area (Å²) >= 11 is 0. The first-order valence-corrected chi connectivity index (χ1v) is 8.14. The molecule has 0 radical (unpaired) electrons. The summed E-state index contributed by atoms with van der Waals surface area (Å²) in [7, 11) is 0. The summed E-state index contributed by atoms with van der Waals surface area (Å²) in [6, 6.07) is 9.80. The van der Waals surface area contributed by atoms with Crippen molar-refractivity contribution in [3.05, 3.63) is 65.2 Å². The van der Waals surface area contributed by atoms with Crippen LogP contribution >= 0.6 is 0 Å². The van der Waals surface area contributed by atoms with E-state index in [-0.39, 0.29) is 11.7 Å². The van der Waals surface area contributed by atoms with Gasteiger partial charge in [0.15, 0.2) is 0 Å². The van der Waals surface area contributed by atoms with Gasteiger partial charge in [-0.2, -0.15) is 0 Å². The zero-order valence-corrected chi connectivity index (χ0v) is 13.7. The molecule has 24 heavy (non-hydrogen) atoms. The van der Waals surface area contributed by atoms with Gasteiger partial charge in [0.05, 0.1) is 5.60 Å². The zero-order chi connectivity index (χ0) is 17.2. The molecule has 4 nitrogen and oxygen atoms in total. The summed E-state index contributed by atoms with van der Waals surface area (Å²) in [6.45, 7) is 2.84. The van der Waals surface area contributed by atoms with Crippen LogP contribution < -0.4 is 0 Å². The number of halogens is 1. The maximum atomic E-state index is 13.3. The van der Waals surface area contributed by atoms with Crippen LogP contribution in [0, 0.1) is 12.7 Å². The summed E-state index contributed by atoms with van der Waals surface area (Å²) < 4.78 is 13.3. The number of aryl methyl sites for hydroxylation is 1. The molecule has 0 atom stereocenters. The Morgan fingerprint density at radius 2 is 2.04 bits per heavy atom. The van der Waals surface area contributed by atoms with E-state index in [2.05, 4.69) is 4.98 Å². The minimum atomic E-state index is -0.890. The number of aromatic nitrogens is 1. The van der Waals surface area contributed by atoms with Gasteiger partial charge in [-0.15, -0.1) is 0 Å². The van der Waals surface area contributed by atoms with Gasteiger partial charge in [-0.05, 0) is 49.6 Å². The van der Waals surface area contributed by atoms with Crippen LogP contribution in [0.1, 0.15) is 34.5 Å². The van der Waals surface area contributed by atoms with Crippen molar-refractivity contribution in [3.63, 3.8) is 0 Å². The highest BCUT2D eigenvalue weighted by Gasteiger charge is 2.34. The molecule has 2 heterocycles. The number of hydrogen-bond donors (Lipinski definition) is 1. The first-order valence-electron chi connectivity index (χ1n) is 8.14. The second-order valence-corrected chi connectivity index (χ2v) is 6.51. The van der Waals surface area contributed by atoms with Gasteiger partial charge in [-0.3, -0.25) is 9.78 Å². The van der Waals surface area contributed by atoms with Crippen molar-refractivity contribution >= 4 is 5.91 Å². The molecule has 5 heteroatoms. The lowest BCUT2D eigenvalue weighted by Gasteiger charge is -2.38. The van der Waals surface area contributed by atoms with Gasteiger partial charge < -0.3 is 10.0 Å². The van der Waals surface area contributed by atoms with Gasteiger partial charge in [0, 0.05) is 37.0 Å². The second kappa shape index (κ2) is 6.69. The summed E-state index contributed by atoms with van der Waals surface area (Å²) in [5.41, 5.74) is 1.32. The largest absolute Gasteiger partial charge is 0.389 e. The molecule has 1 aliphatic heterocycles. The average molecular weight is 328 g/mol. The summed E-state index contributed by atoms with van der Waals surface area (Å²) in [4.78, 5) is 18.4. The molecule has 3 rings (SSSR count). The molecule has 1 saturated heterocycles. The van der Waals surface area contributed by atoms with Crippen molar-refractivity contribution in [2.24, 2.45) is 0 Å². The number of nitrogens with zero attached hydrogens (tertiary/aromatic N) is 2. The number of hydrogen-bond acceptors (Lipinski definition) is 3. The molecule has 1 aromatic heterocycles. The summed E-state index contributed by atoms with van der Waals surface area (Å²) in [5, 5.41) is 10.8. The lowest BCUT2D eigenvalue weighted by Crippen LogP contribution is -2.47. The molecular weight excluding hydrogens is 307 g/mol. The fourth-order valence-electron chi connectivity index (χ4n) is 3.19. The first kappa shape index (κ1) is 16.6. The molecule has 0 bridgehead atoms. The van der Waals surface area contributed by atoms with E-state index in [0.717, 1.165) is 11.3 Å². The highest BCUT2D eigenvalue weighted by Crippen LogP contribution is 2.27. The van der Waals surface area contributed by atoms with E-state index in [4.69, 9.17) is 0 Å². The normalized spacial score (nSPS) is 16.9. The van der Waals surface area contributed by atoms with Gasteiger partial charge in [0.1, 0.15) is 5.82 Å². The molecule has 1 fully saturated rings. The van der Waals surface area contributed by atoms with Gasteiger partial charge in [-0.1, -0.05) is 12.1 Å². The van der Waals surface area contributed by atoms with E-state index in [0.29, 0.717) is 37.9 Å². The molecule has 1 amide bonds. The number of carbonyl (C=O) groups excluding carboxylic acids is 1. The molecule has 2 aromatic rings. The fourth-order valence-corrected chi connectivity index (χ4v) is 3.19. The van der Waals surface area contributed by atoms with Crippen molar-refractivity contribution in [1.82, 2.24) is 9.88 Å². The van der Waals surface area contributed by atoms with Gasteiger partial charge in [-0.25, -0.2) is 4.39 Å². The number of rotatable bonds is 3. The number of benzene rings is 1. The third kappa shape index (κ3) is 3.79. The lowest BCUT2D eigenvalue weighted by atomic mass is 9.85. The van der Waals surface area contributed by atoms with E-state index in [1.165, 1.54) is 12.1 Å². The van der Waals surface area contributed by atoms with Gasteiger partial charge in [0.25, 0.3) is 5.91 Å². The Morgan fingerprint density at radius 3 is 2.71 bits per heavy atom. The van der Waals surface area contributed by atoms with Crippen LogP contribution in [0.4, 0.5) is 4.39 Å². The smallest absolute Gasteiger partial charge is 0.253 e. The predicted molar refractivity (Wildman–Crippen MR) is 89.2 cm³/mol. The Kier molecular flexibility index (Phi) is 4.62. The Bertz CT molecular complexity index is 740. The maximum Gasteiger partial charge on any atom is 0.253 e. The van der Waals surface area contributed by atoms with Crippen LogP contribution in [-0.4, -0.2) is 39.6 Å². The Morgan fingerprint density at radius 1 is 1.29 bits per heavy atom. The third-order valence-corrected chi connectivity index (χ3v) is 4.55. The van der Waals surface area contributed by atoms with Gasteiger partial charge in [0.2, 0.25) is 0 Å². The molecule has 0 saturated carbocycles. The number of piperidine rings is 1. The van der Waals surface area contributed by atoms with E-state index < -0.39 is 5.60 Å². The molecule has 1 aromatic carbocycles. The molecule has 1 N–H and O–H groups in total. The fraction of sp³-hybridized carbons (Fsp3) is 0.368. The minimum absolute atomic E-state index is 0.0340. The third-order valence-electron chi connectivity index (χ3n) is 4.55. The second-order valence-electron chi connectivity index (χ2n) is 6.51. The monoisotopic (exact) mass is 328 g/mol. The maximum absolute atomic E-state index is 13.3. The predicted octanol–water partition coefficient (Wildman–Crippen LogP) is 2.74. The number of carbonyl (C=O) groups is 1. The van der Waals surface area contributed by atoms with Crippen LogP contribution in [0.15, 0.2) is 42.6 Å². The quantitative estimate of drug-likeness (QED) is 0.942. The summed E-state index contributed by atoms with van der Waals surface area (Å²) in [6.07, 6.45) is 3.01. The minimum Gasteiger partial charge on any atom is -0.389 e. The zero-order valence-electron chi connectivity index (χ0n) is 13.7. The van der Waals surface area contributed by atoms with Crippen LogP contribution in [0.2, 0.25) is 0 Å². The standard InChI is InChI=1S/C19H21FN2O2/c1-14-11-16(5-8-21-14)18(23)22-9-6-19(24,7-10-22)13-15-3-2-4-17(20)12-15/h2-5,8,11-12,24H,6-7,9-10,13H2,1H3. The number of aliphatic hydroxyl groups is 1. The highest BCUT2D eigenvalue weighted by atomic mass is 19.1. The molecule has 0 aliphatic carbocycles. The van der Waals surface area contributed by atoms with Crippen molar-refractivity contribution < 1.29 is 14.3 Å². The number of amides is 1. The van der Waals surface area contributed by atoms with E-state index in [1.54, 1.807) is 29.3 Å². The SMILES string of the molecule is Cc1cc(C(=O)N2CCC(O)(Cc3cccc(F)c3)CC2)ccn1. The van der Waals surface area contributed by atoms with Crippen molar-refractivity contribution in [1.29, 1.82) is 0 Å². The van der Waals surface area contributed by atoms with E-state index in [1.807, 2.05) is 13.0 Å². The Labute approximate surface area is 141 Å². The lowest BCUT2D eigenvalue weighted by molar-refractivity contribution is -0.0162. The topological polar surface area (TPSA) is 53.4 Å². The highest BCUT2D eigenvalue weighted by molar-refractivity contribution is 5.94. The number of likely N-dealkylation sites (tertiary alicyclic amines) is 1. The molecule has 126 valence electrons. The van der Waals surface area contributed by atoms with Crippen LogP contribution in [-0.2, 0) is 6.42 Å². The number of pyridine rings is 1. The van der Waals surface area contributed by atoms with Crippen molar-refractivity contribution in [2.75, 3.05) is 13.1 Å². The molecular formula is C19H21FN2O2. The van der Waals surface area contributed by atoms with E-state index >= 15 is 0 Å². The van der Waals surface area contributed by atoms with Crippen molar-refractivity contribution in [3.8, 4) is 0 Å². The summed E-state index contributed by atoms with van der Waals surface area (Å²) in [5.74, 6) is -0.329. The average Bonchev–Trinajstić information content (AvgIpc) is 2.54. The van der Waals surface area contributed by atoms with Crippen LogP contribution in [0.5, 0.6) is 0 Å². The molecule has 1 aliphatic rings.